The second kappa shape index (κ2) is 5.49. The van der Waals surface area contributed by atoms with Crippen molar-refractivity contribution in [1.82, 2.24) is 14.9 Å². The van der Waals surface area contributed by atoms with Gasteiger partial charge in [-0.2, -0.15) is 0 Å². The molecule has 0 radical (unpaired) electrons. The maximum atomic E-state index is 11.6. The van der Waals surface area contributed by atoms with Crippen LogP contribution in [0.15, 0.2) is 18.7 Å². The molecule has 2 rings (SSSR count). The quantitative estimate of drug-likeness (QED) is 0.770. The van der Waals surface area contributed by atoms with Crippen LogP contribution in [-0.2, 0) is 16.1 Å². The Bertz CT molecular complexity index is 393. The van der Waals surface area contributed by atoms with Crippen LogP contribution >= 0.6 is 0 Å². The van der Waals surface area contributed by atoms with Gasteiger partial charge < -0.3 is 19.7 Å². The van der Waals surface area contributed by atoms with Gasteiger partial charge in [0.25, 0.3) is 0 Å². The van der Waals surface area contributed by atoms with Gasteiger partial charge in [0.2, 0.25) is 5.91 Å². The Kier molecular flexibility index (Phi) is 3.98. The first-order chi connectivity index (χ1) is 8.60. The summed E-state index contributed by atoms with van der Waals surface area (Å²) in [4.78, 5) is 15.6. The minimum Gasteiger partial charge on any atom is -0.385 e. The average Bonchev–Trinajstić information content (AvgIpc) is 2.96. The van der Waals surface area contributed by atoms with Gasteiger partial charge in [0.15, 0.2) is 0 Å². The Morgan fingerprint density at radius 2 is 2.56 bits per heavy atom. The third-order valence-corrected chi connectivity index (χ3v) is 3.41. The third kappa shape index (κ3) is 3.08. The van der Waals surface area contributed by atoms with E-state index in [1.54, 1.807) is 12.5 Å². The van der Waals surface area contributed by atoms with Crippen LogP contribution in [-0.4, -0.2) is 45.4 Å². The number of carbonyl (C=O) groups excluding carboxylic acids is 1. The van der Waals surface area contributed by atoms with Crippen molar-refractivity contribution in [3.63, 3.8) is 0 Å². The highest BCUT2D eigenvalue weighted by Gasteiger charge is 2.39. The van der Waals surface area contributed by atoms with Crippen LogP contribution in [0.3, 0.4) is 0 Å². The van der Waals surface area contributed by atoms with E-state index in [2.05, 4.69) is 10.3 Å². The number of imidazole rings is 1. The molecule has 1 saturated heterocycles. The Morgan fingerprint density at radius 1 is 1.72 bits per heavy atom. The van der Waals surface area contributed by atoms with Crippen LogP contribution in [0.1, 0.15) is 19.8 Å². The van der Waals surface area contributed by atoms with Crippen LogP contribution < -0.4 is 5.32 Å². The summed E-state index contributed by atoms with van der Waals surface area (Å²) in [5.74, 6) is -0.0729. The highest BCUT2D eigenvalue weighted by Crippen LogP contribution is 2.24. The van der Waals surface area contributed by atoms with Crippen LogP contribution in [0, 0.1) is 0 Å². The number of aryl methyl sites for hydroxylation is 1. The van der Waals surface area contributed by atoms with E-state index >= 15 is 0 Å². The molecular weight excluding hydrogens is 234 g/mol. The highest BCUT2D eigenvalue weighted by atomic mass is 16.5. The molecule has 6 heteroatoms. The van der Waals surface area contributed by atoms with Crippen molar-refractivity contribution in [3.05, 3.63) is 18.7 Å². The van der Waals surface area contributed by atoms with Crippen molar-refractivity contribution in [2.24, 2.45) is 0 Å². The van der Waals surface area contributed by atoms with Gasteiger partial charge in [-0.05, 0) is 6.92 Å². The molecule has 0 aromatic carbocycles. The van der Waals surface area contributed by atoms with Gasteiger partial charge in [0, 0.05) is 44.9 Å². The summed E-state index contributed by atoms with van der Waals surface area (Å²) in [5.41, 5.74) is -0.926. The normalized spacial score (nSPS) is 27.3. The number of ether oxygens (including phenoxy) is 1. The molecule has 1 aliphatic heterocycles. The van der Waals surface area contributed by atoms with E-state index in [1.165, 1.54) is 0 Å². The van der Waals surface area contributed by atoms with Crippen molar-refractivity contribution < 1.29 is 14.6 Å². The van der Waals surface area contributed by atoms with Crippen LogP contribution in [0.5, 0.6) is 0 Å². The van der Waals surface area contributed by atoms with E-state index in [1.807, 2.05) is 17.7 Å². The van der Waals surface area contributed by atoms with Crippen LogP contribution in [0.25, 0.3) is 0 Å². The molecule has 0 spiro atoms. The maximum absolute atomic E-state index is 11.6. The minimum absolute atomic E-state index is 0.0729. The molecule has 100 valence electrons. The van der Waals surface area contributed by atoms with E-state index in [9.17, 15) is 9.90 Å². The third-order valence-electron chi connectivity index (χ3n) is 3.41. The summed E-state index contributed by atoms with van der Waals surface area (Å²) in [6.45, 7) is 3.21. The van der Waals surface area contributed by atoms with Gasteiger partial charge in [-0.3, -0.25) is 4.79 Å². The molecule has 0 aliphatic carbocycles. The Labute approximate surface area is 106 Å². The lowest BCUT2D eigenvalue weighted by Crippen LogP contribution is -2.47. The molecule has 1 aromatic rings. The largest absolute Gasteiger partial charge is 0.385 e. The summed E-state index contributed by atoms with van der Waals surface area (Å²) >= 11 is 0. The smallest absolute Gasteiger partial charge is 0.221 e. The number of hydrogen-bond acceptors (Lipinski definition) is 4. The molecule has 1 aromatic heterocycles. The summed E-state index contributed by atoms with van der Waals surface area (Å²) in [5, 5.41) is 13.0. The number of rotatable bonds is 5. The van der Waals surface area contributed by atoms with Crippen LogP contribution in [0.4, 0.5) is 0 Å². The van der Waals surface area contributed by atoms with E-state index in [0.29, 0.717) is 26.0 Å². The number of nitrogens with zero attached hydrogens (tertiary/aromatic N) is 2. The first-order valence-corrected chi connectivity index (χ1v) is 6.16. The monoisotopic (exact) mass is 253 g/mol. The van der Waals surface area contributed by atoms with Gasteiger partial charge in [-0.15, -0.1) is 0 Å². The lowest BCUT2D eigenvalue weighted by atomic mass is 9.97. The fraction of sp³-hybridized carbons (Fsp3) is 0.667. The molecule has 2 unspecified atom stereocenters. The molecule has 2 atom stereocenters. The van der Waals surface area contributed by atoms with Gasteiger partial charge in [-0.1, -0.05) is 0 Å². The molecule has 2 N–H and O–H groups in total. The number of nitrogens with one attached hydrogen (secondary N) is 1. The minimum atomic E-state index is -0.926. The fourth-order valence-electron chi connectivity index (χ4n) is 1.99. The molecule has 6 nitrogen and oxygen atoms in total. The van der Waals surface area contributed by atoms with Crippen molar-refractivity contribution in [1.29, 1.82) is 0 Å². The van der Waals surface area contributed by atoms with Crippen molar-refractivity contribution in [2.45, 2.75) is 38.0 Å². The zero-order valence-electron chi connectivity index (χ0n) is 10.5. The second-order valence-electron chi connectivity index (χ2n) is 4.69. The Morgan fingerprint density at radius 3 is 3.17 bits per heavy atom. The predicted molar refractivity (Wildman–Crippen MR) is 64.8 cm³/mol. The Balaban J connectivity index is 1.71. The first-order valence-electron chi connectivity index (χ1n) is 6.16. The number of amides is 1. The van der Waals surface area contributed by atoms with E-state index in [4.69, 9.17) is 4.74 Å². The molecule has 1 fully saturated rings. The lowest BCUT2D eigenvalue weighted by Gasteiger charge is -2.26. The average molecular weight is 253 g/mol. The van der Waals surface area contributed by atoms with Crippen molar-refractivity contribution in [3.8, 4) is 0 Å². The van der Waals surface area contributed by atoms with Gasteiger partial charge in [0.1, 0.15) is 5.60 Å². The van der Waals surface area contributed by atoms with Crippen molar-refractivity contribution >= 4 is 5.91 Å². The van der Waals surface area contributed by atoms with Crippen LogP contribution in [0.2, 0.25) is 0 Å². The van der Waals surface area contributed by atoms with E-state index in [-0.39, 0.29) is 18.6 Å². The SMILES string of the molecule is CC1OCCC1(O)CNC(=O)CCn1ccnc1. The van der Waals surface area contributed by atoms with Gasteiger partial charge in [0.05, 0.1) is 12.4 Å². The van der Waals surface area contributed by atoms with Gasteiger partial charge >= 0.3 is 0 Å². The first kappa shape index (κ1) is 13.0. The van der Waals surface area contributed by atoms with Gasteiger partial charge in [-0.25, -0.2) is 4.98 Å². The number of hydrogen-bond donors (Lipinski definition) is 2. The molecule has 0 saturated carbocycles. The zero-order valence-corrected chi connectivity index (χ0v) is 10.5. The summed E-state index contributed by atoms with van der Waals surface area (Å²) in [6.07, 6.45) is 5.88. The lowest BCUT2D eigenvalue weighted by molar-refractivity contribution is -0.123. The van der Waals surface area contributed by atoms with Crippen molar-refractivity contribution in [2.75, 3.05) is 13.2 Å². The predicted octanol–water partition coefficient (Wildman–Crippen LogP) is -0.0707. The molecule has 2 heterocycles. The topological polar surface area (TPSA) is 76.4 Å². The molecule has 18 heavy (non-hydrogen) atoms. The second-order valence-corrected chi connectivity index (χ2v) is 4.69. The van der Waals surface area contributed by atoms with E-state index in [0.717, 1.165) is 0 Å². The maximum Gasteiger partial charge on any atom is 0.221 e. The number of aliphatic hydroxyl groups is 1. The van der Waals surface area contributed by atoms with E-state index < -0.39 is 5.60 Å². The molecule has 1 amide bonds. The standard InChI is InChI=1S/C12H19N3O3/c1-10-12(17,3-7-18-10)8-14-11(16)2-5-15-6-4-13-9-15/h4,6,9-10,17H,2-3,5,7-8H2,1H3,(H,14,16). The highest BCUT2D eigenvalue weighted by molar-refractivity contribution is 5.75. The summed E-state index contributed by atoms with van der Waals surface area (Å²) < 4.78 is 7.15. The summed E-state index contributed by atoms with van der Waals surface area (Å²) in [7, 11) is 0. The molecule has 1 aliphatic rings. The fourth-order valence-corrected chi connectivity index (χ4v) is 1.99. The number of carbonyl (C=O) groups is 1. The molecular formula is C12H19N3O3. The molecule has 0 bridgehead atoms. The number of aromatic nitrogens is 2. The Hall–Kier alpha value is -1.40. The zero-order chi connectivity index (χ0) is 13.0. The summed E-state index contributed by atoms with van der Waals surface area (Å²) in [6, 6.07) is 0.